The summed E-state index contributed by atoms with van der Waals surface area (Å²) >= 11 is 1.24. The Morgan fingerprint density at radius 3 is 2.59 bits per heavy atom. The van der Waals surface area contributed by atoms with Crippen LogP contribution in [0.25, 0.3) is 0 Å². The molecule has 1 heterocycles. The summed E-state index contributed by atoms with van der Waals surface area (Å²) in [7, 11) is 0. The van der Waals surface area contributed by atoms with Gasteiger partial charge in [-0.05, 0) is 5.75 Å². The Morgan fingerprint density at radius 1 is 1.53 bits per heavy atom. The van der Waals surface area contributed by atoms with Crippen LogP contribution in [0.4, 0.5) is 0 Å². The summed E-state index contributed by atoms with van der Waals surface area (Å²) in [5.41, 5.74) is 0. The summed E-state index contributed by atoms with van der Waals surface area (Å²) in [5.74, 6) is 0.0502. The lowest BCUT2D eigenvalue weighted by atomic mass is 10.1. The van der Waals surface area contributed by atoms with E-state index in [9.17, 15) is 15.0 Å². The molecule has 0 aromatic carbocycles. The van der Waals surface area contributed by atoms with Crippen molar-refractivity contribution in [3.05, 3.63) is 0 Å². The first-order valence-electron chi connectivity index (χ1n) is 5.39. The summed E-state index contributed by atoms with van der Waals surface area (Å²) in [4.78, 5) is 9.80. The topological polar surface area (TPSA) is 96.2 Å². The van der Waals surface area contributed by atoms with Crippen molar-refractivity contribution >= 4 is 17.7 Å². The molecule has 7 heteroatoms. The minimum absolute atomic E-state index is 0.398. The minimum atomic E-state index is -1.20. The van der Waals surface area contributed by atoms with Gasteiger partial charge in [-0.15, -0.1) is 11.8 Å². The number of esters is 1. The zero-order valence-electron chi connectivity index (χ0n) is 9.83. The number of carbonyl (C=O) groups is 1. The highest BCUT2D eigenvalue weighted by Crippen LogP contribution is 2.41. The van der Waals surface area contributed by atoms with Crippen molar-refractivity contribution in [1.82, 2.24) is 0 Å². The van der Waals surface area contributed by atoms with Gasteiger partial charge in [0.25, 0.3) is 0 Å². The average Bonchev–Trinajstić information content (AvgIpc) is 2.54. The Kier molecular flexibility index (Phi) is 5.21. The monoisotopic (exact) mass is 266 g/mol. The van der Waals surface area contributed by atoms with Gasteiger partial charge in [0.15, 0.2) is 11.0 Å². The van der Waals surface area contributed by atoms with E-state index in [4.69, 9.17) is 14.6 Å². The van der Waals surface area contributed by atoms with Gasteiger partial charge in [0, 0.05) is 6.92 Å². The number of aliphatic hydroxyl groups is 3. The predicted octanol–water partition coefficient (Wildman–Crippen LogP) is -0.888. The number of hydrogen-bond acceptors (Lipinski definition) is 7. The van der Waals surface area contributed by atoms with Crippen LogP contribution in [-0.2, 0) is 14.3 Å². The van der Waals surface area contributed by atoms with Gasteiger partial charge in [-0.25, -0.2) is 0 Å². The lowest BCUT2D eigenvalue weighted by Crippen LogP contribution is -2.46. The summed E-state index contributed by atoms with van der Waals surface area (Å²) in [6.45, 7) is 2.27. The van der Waals surface area contributed by atoms with Gasteiger partial charge in [0.05, 0.1) is 13.2 Å². The molecular formula is C10H18O6S. The Balaban J connectivity index is 2.94. The zero-order chi connectivity index (χ0) is 13.1. The third-order valence-electron chi connectivity index (χ3n) is 2.56. The van der Waals surface area contributed by atoms with Crippen molar-refractivity contribution in [3.8, 4) is 0 Å². The van der Waals surface area contributed by atoms with Crippen LogP contribution >= 0.6 is 11.8 Å². The van der Waals surface area contributed by atoms with Crippen LogP contribution in [0.1, 0.15) is 13.8 Å². The highest BCUT2D eigenvalue weighted by atomic mass is 32.2. The fourth-order valence-corrected chi connectivity index (χ4v) is 2.99. The first kappa shape index (κ1) is 14.7. The molecule has 0 spiro atoms. The van der Waals surface area contributed by atoms with Crippen molar-refractivity contribution in [2.75, 3.05) is 19.0 Å². The summed E-state index contributed by atoms with van der Waals surface area (Å²) < 4.78 is 10.5. The maximum absolute atomic E-state index is 11.0. The Bertz CT molecular complexity index is 274. The third-order valence-corrected chi connectivity index (χ3v) is 3.79. The average molecular weight is 266 g/mol. The summed E-state index contributed by atoms with van der Waals surface area (Å²) in [6, 6.07) is 0. The van der Waals surface area contributed by atoms with Gasteiger partial charge < -0.3 is 24.8 Å². The quantitative estimate of drug-likeness (QED) is 0.556. The smallest absolute Gasteiger partial charge is 0.303 e. The van der Waals surface area contributed by atoms with E-state index in [0.29, 0.717) is 5.75 Å². The molecule has 0 aromatic rings. The van der Waals surface area contributed by atoms with E-state index in [0.717, 1.165) is 0 Å². The minimum Gasteiger partial charge on any atom is -0.456 e. The van der Waals surface area contributed by atoms with Crippen LogP contribution in [0, 0.1) is 0 Å². The van der Waals surface area contributed by atoms with Crippen molar-refractivity contribution in [1.29, 1.82) is 0 Å². The molecule has 1 rings (SSSR count). The SMILES string of the molecule is CCS[C@@]1(CO)O[C@H](CO)[C@@H](O)[C@@H]1OC(C)=O. The van der Waals surface area contributed by atoms with E-state index < -0.39 is 42.4 Å². The number of rotatable bonds is 5. The molecule has 17 heavy (non-hydrogen) atoms. The number of aliphatic hydroxyl groups excluding tert-OH is 3. The van der Waals surface area contributed by atoms with E-state index in [1.807, 2.05) is 6.92 Å². The molecule has 1 aliphatic heterocycles. The number of thioether (sulfide) groups is 1. The van der Waals surface area contributed by atoms with Gasteiger partial charge in [-0.1, -0.05) is 6.92 Å². The molecule has 100 valence electrons. The number of ether oxygens (including phenoxy) is 2. The number of hydrogen-bond donors (Lipinski definition) is 3. The Morgan fingerprint density at radius 2 is 2.18 bits per heavy atom. The van der Waals surface area contributed by atoms with Crippen LogP contribution in [-0.4, -0.2) is 63.5 Å². The molecule has 0 radical (unpaired) electrons. The Hall–Kier alpha value is -0.340. The van der Waals surface area contributed by atoms with Crippen LogP contribution in [0.5, 0.6) is 0 Å². The van der Waals surface area contributed by atoms with E-state index in [2.05, 4.69) is 0 Å². The molecule has 0 aliphatic carbocycles. The predicted molar refractivity (Wildman–Crippen MR) is 61.5 cm³/mol. The largest absolute Gasteiger partial charge is 0.456 e. The second-order valence-corrected chi connectivity index (χ2v) is 5.32. The van der Waals surface area contributed by atoms with Crippen LogP contribution in [0.3, 0.4) is 0 Å². The van der Waals surface area contributed by atoms with Gasteiger partial charge >= 0.3 is 5.97 Å². The molecule has 1 fully saturated rings. The lowest BCUT2D eigenvalue weighted by Gasteiger charge is -2.31. The van der Waals surface area contributed by atoms with E-state index >= 15 is 0 Å². The number of carbonyl (C=O) groups excluding carboxylic acids is 1. The fraction of sp³-hybridized carbons (Fsp3) is 0.900. The van der Waals surface area contributed by atoms with E-state index in [1.165, 1.54) is 18.7 Å². The zero-order valence-corrected chi connectivity index (χ0v) is 10.6. The highest BCUT2D eigenvalue weighted by Gasteiger charge is 2.56. The first-order chi connectivity index (χ1) is 8.00. The van der Waals surface area contributed by atoms with Crippen molar-refractivity contribution in [2.45, 2.75) is 37.1 Å². The van der Waals surface area contributed by atoms with Gasteiger partial charge in [-0.2, -0.15) is 0 Å². The molecular weight excluding hydrogens is 248 g/mol. The first-order valence-corrected chi connectivity index (χ1v) is 6.38. The molecule has 4 atom stereocenters. The molecule has 0 unspecified atom stereocenters. The Labute approximate surface area is 104 Å². The van der Waals surface area contributed by atoms with Crippen LogP contribution in [0.2, 0.25) is 0 Å². The third kappa shape index (κ3) is 2.92. The molecule has 6 nitrogen and oxygen atoms in total. The van der Waals surface area contributed by atoms with Crippen molar-refractivity contribution in [3.63, 3.8) is 0 Å². The summed E-state index contributed by atoms with van der Waals surface area (Å²) in [6.07, 6.45) is -2.98. The highest BCUT2D eigenvalue weighted by molar-refractivity contribution is 8.00. The lowest BCUT2D eigenvalue weighted by molar-refractivity contribution is -0.155. The molecule has 0 bridgehead atoms. The molecule has 1 saturated heterocycles. The van der Waals surface area contributed by atoms with Gasteiger partial charge in [0.1, 0.15) is 12.2 Å². The van der Waals surface area contributed by atoms with Crippen molar-refractivity contribution in [2.24, 2.45) is 0 Å². The van der Waals surface area contributed by atoms with Gasteiger partial charge in [-0.3, -0.25) is 4.79 Å². The molecule has 0 amide bonds. The second-order valence-electron chi connectivity index (χ2n) is 3.76. The standard InChI is InChI=1S/C10H18O6S/c1-3-17-10(5-12)9(15-6(2)13)8(14)7(4-11)16-10/h7-9,11-12,14H,3-5H2,1-2H3/t7-,8-,9+,10-/m1/s1. The molecule has 0 aromatic heterocycles. The second kappa shape index (κ2) is 6.01. The van der Waals surface area contributed by atoms with Gasteiger partial charge in [0.2, 0.25) is 0 Å². The van der Waals surface area contributed by atoms with Crippen LogP contribution < -0.4 is 0 Å². The molecule has 3 N–H and O–H groups in total. The molecule has 0 saturated carbocycles. The summed E-state index contributed by atoms with van der Waals surface area (Å²) in [5, 5.41) is 28.4. The maximum Gasteiger partial charge on any atom is 0.303 e. The van der Waals surface area contributed by atoms with Crippen molar-refractivity contribution < 1.29 is 29.6 Å². The van der Waals surface area contributed by atoms with E-state index in [1.54, 1.807) is 0 Å². The maximum atomic E-state index is 11.0. The van der Waals surface area contributed by atoms with Crippen LogP contribution in [0.15, 0.2) is 0 Å². The normalized spacial score (nSPS) is 37.1. The molecule has 1 aliphatic rings. The van der Waals surface area contributed by atoms with E-state index in [-0.39, 0.29) is 0 Å². The fourth-order valence-electron chi connectivity index (χ4n) is 1.87.